The summed E-state index contributed by atoms with van der Waals surface area (Å²) in [5.41, 5.74) is 7.36. The molecule has 228 valence electrons. The molecular formula is C28H43N5O5S3. The minimum atomic E-state index is -3.81. The number of ether oxygens (including phenoxy) is 1. The van der Waals surface area contributed by atoms with E-state index in [1.807, 2.05) is 44.1 Å². The predicted octanol–water partition coefficient (Wildman–Crippen LogP) is 4.52. The van der Waals surface area contributed by atoms with Crippen LogP contribution in [0.2, 0.25) is 0 Å². The van der Waals surface area contributed by atoms with Crippen molar-refractivity contribution in [3.8, 4) is 0 Å². The van der Waals surface area contributed by atoms with Crippen molar-refractivity contribution in [1.82, 2.24) is 14.9 Å². The first-order valence-electron chi connectivity index (χ1n) is 13.6. The van der Waals surface area contributed by atoms with Gasteiger partial charge in [0.15, 0.2) is 0 Å². The number of rotatable bonds is 18. The third kappa shape index (κ3) is 10.4. The zero-order valence-electron chi connectivity index (χ0n) is 24.5. The second-order valence-electron chi connectivity index (χ2n) is 9.45. The Hall–Kier alpha value is -2.45. The summed E-state index contributed by atoms with van der Waals surface area (Å²) < 4.78 is 34.0. The first-order valence-corrected chi connectivity index (χ1v) is 17.3. The monoisotopic (exact) mass is 625 g/mol. The molecule has 4 N–H and O–H groups in total. The molecule has 2 amide bonds. The van der Waals surface area contributed by atoms with Crippen LogP contribution in [-0.4, -0.2) is 78.0 Å². The number of benzene rings is 2. The van der Waals surface area contributed by atoms with Crippen molar-refractivity contribution in [2.75, 3.05) is 51.8 Å². The van der Waals surface area contributed by atoms with E-state index in [2.05, 4.69) is 23.9 Å². The van der Waals surface area contributed by atoms with Crippen LogP contribution in [0.25, 0.3) is 10.8 Å². The van der Waals surface area contributed by atoms with Crippen LogP contribution in [-0.2, 0) is 19.6 Å². The molecule has 0 saturated carbocycles. The second-order valence-corrected chi connectivity index (χ2v) is 13.8. The Morgan fingerprint density at radius 1 is 1.10 bits per heavy atom. The minimum Gasteiger partial charge on any atom is -0.449 e. The van der Waals surface area contributed by atoms with Gasteiger partial charge in [0.1, 0.15) is 0 Å². The molecule has 0 fully saturated rings. The Bertz CT molecular complexity index is 1280. The molecule has 0 atom stereocenters. The van der Waals surface area contributed by atoms with Gasteiger partial charge in [-0.25, -0.2) is 17.9 Å². The van der Waals surface area contributed by atoms with Gasteiger partial charge in [-0.05, 0) is 31.9 Å². The zero-order valence-corrected chi connectivity index (χ0v) is 27.0. The standard InChI is InChI=1S/C28H43N5O5S3/c1-6-22(7-2)39-40-26(21(3)33(20-34)18-15-29)14-19-38-28(35)30-16-17-31-41(36,37)27-13-9-10-23-24(27)11-8-12-25(23)32(4)5/h8-13,20,22,31H,6-7,14-19,29H2,1-5H3,(H,30,35). The third-order valence-electron chi connectivity index (χ3n) is 6.41. The summed E-state index contributed by atoms with van der Waals surface area (Å²) in [7, 11) is 3.34. The van der Waals surface area contributed by atoms with Crippen molar-refractivity contribution in [3.63, 3.8) is 0 Å². The summed E-state index contributed by atoms with van der Waals surface area (Å²) in [4.78, 5) is 28.5. The molecule has 2 rings (SSSR count). The molecule has 0 spiro atoms. The SMILES string of the molecule is CCC(CC)SSC(CCOC(=O)NCCNS(=O)(=O)c1cccc2c(N(C)C)cccc12)=C(C)N(C=O)CCN. The fraction of sp³-hybridized carbons (Fsp3) is 0.500. The highest BCUT2D eigenvalue weighted by Gasteiger charge is 2.19. The van der Waals surface area contributed by atoms with Crippen molar-refractivity contribution >= 4 is 60.6 Å². The van der Waals surface area contributed by atoms with Gasteiger partial charge in [0.05, 0.1) is 11.5 Å². The second kappa shape index (κ2) is 17.5. The molecule has 0 radical (unpaired) electrons. The largest absolute Gasteiger partial charge is 0.449 e. The van der Waals surface area contributed by atoms with Crippen molar-refractivity contribution in [2.45, 2.75) is 50.2 Å². The fourth-order valence-corrected chi connectivity index (χ4v) is 8.40. The highest BCUT2D eigenvalue weighted by Crippen LogP contribution is 2.40. The number of amides is 2. The third-order valence-corrected chi connectivity index (χ3v) is 11.4. The van der Waals surface area contributed by atoms with Gasteiger partial charge < -0.3 is 25.6 Å². The molecule has 0 aliphatic carbocycles. The first kappa shape index (κ1) is 34.7. The molecule has 10 nitrogen and oxygen atoms in total. The highest BCUT2D eigenvalue weighted by atomic mass is 33.1. The van der Waals surface area contributed by atoms with E-state index in [1.54, 1.807) is 44.7 Å². The van der Waals surface area contributed by atoms with E-state index in [1.165, 1.54) is 0 Å². The Labute approximate surface area is 252 Å². The van der Waals surface area contributed by atoms with Gasteiger partial charge in [0, 0.05) is 79.0 Å². The summed E-state index contributed by atoms with van der Waals surface area (Å²) in [6.07, 6.45) is 2.61. The number of alkyl carbamates (subject to hydrolysis) is 1. The summed E-state index contributed by atoms with van der Waals surface area (Å²) in [6.45, 7) is 7.06. The van der Waals surface area contributed by atoms with Crippen LogP contribution >= 0.6 is 21.6 Å². The molecule has 0 bridgehead atoms. The number of carbonyl (C=O) groups excluding carboxylic acids is 2. The molecule has 0 aliphatic rings. The molecule has 2 aromatic carbocycles. The summed E-state index contributed by atoms with van der Waals surface area (Å²) in [5, 5.41) is 4.52. The summed E-state index contributed by atoms with van der Waals surface area (Å²) in [6, 6.07) is 10.7. The van der Waals surface area contributed by atoms with E-state index in [-0.39, 0.29) is 24.6 Å². The van der Waals surface area contributed by atoms with E-state index in [9.17, 15) is 18.0 Å². The average molecular weight is 626 g/mol. The van der Waals surface area contributed by atoms with Gasteiger partial charge in [0.2, 0.25) is 16.4 Å². The van der Waals surface area contributed by atoms with Crippen molar-refractivity contribution in [2.24, 2.45) is 5.73 Å². The Balaban J connectivity index is 1.93. The van der Waals surface area contributed by atoms with Crippen LogP contribution in [0.3, 0.4) is 0 Å². The van der Waals surface area contributed by atoms with Gasteiger partial charge in [0.25, 0.3) is 0 Å². The summed E-state index contributed by atoms with van der Waals surface area (Å²) in [5.74, 6) is 0. The van der Waals surface area contributed by atoms with E-state index < -0.39 is 16.1 Å². The van der Waals surface area contributed by atoms with Gasteiger partial charge in [-0.2, -0.15) is 0 Å². The number of hydrogen-bond donors (Lipinski definition) is 3. The van der Waals surface area contributed by atoms with Gasteiger partial charge in [-0.1, -0.05) is 59.7 Å². The number of anilines is 1. The molecule has 0 unspecified atom stereocenters. The van der Waals surface area contributed by atoms with Crippen molar-refractivity contribution in [3.05, 3.63) is 47.0 Å². The number of allylic oxidation sites excluding steroid dienone is 1. The maximum absolute atomic E-state index is 13.0. The average Bonchev–Trinajstić information content (AvgIpc) is 2.96. The van der Waals surface area contributed by atoms with Crippen LogP contribution in [0.1, 0.15) is 40.0 Å². The quantitative estimate of drug-likeness (QED) is 0.124. The number of fused-ring (bicyclic) bond motifs is 1. The number of sulfonamides is 1. The van der Waals surface area contributed by atoms with E-state index in [4.69, 9.17) is 10.5 Å². The Morgan fingerprint density at radius 2 is 1.78 bits per heavy atom. The van der Waals surface area contributed by atoms with E-state index in [0.717, 1.165) is 40.9 Å². The molecule has 0 aromatic heterocycles. The lowest BCUT2D eigenvalue weighted by molar-refractivity contribution is -0.116. The predicted molar refractivity (Wildman–Crippen MR) is 172 cm³/mol. The number of hydrogen-bond acceptors (Lipinski definition) is 9. The van der Waals surface area contributed by atoms with Crippen LogP contribution in [0.15, 0.2) is 51.9 Å². The molecule has 13 heteroatoms. The lowest BCUT2D eigenvalue weighted by Gasteiger charge is -2.22. The van der Waals surface area contributed by atoms with Crippen molar-refractivity contribution < 1.29 is 22.7 Å². The van der Waals surface area contributed by atoms with Crippen LogP contribution in [0, 0.1) is 0 Å². The number of nitrogens with one attached hydrogen (secondary N) is 2. The van der Waals surface area contributed by atoms with Crippen molar-refractivity contribution in [1.29, 1.82) is 0 Å². The fourth-order valence-electron chi connectivity index (χ4n) is 4.04. The first-order chi connectivity index (χ1) is 19.6. The molecule has 0 heterocycles. The summed E-state index contributed by atoms with van der Waals surface area (Å²) >= 11 is 0. The number of nitrogens with two attached hydrogens (primary N) is 1. The Morgan fingerprint density at radius 3 is 2.41 bits per heavy atom. The number of nitrogens with zero attached hydrogens (tertiary/aromatic N) is 2. The maximum atomic E-state index is 13.0. The minimum absolute atomic E-state index is 0.000746. The molecule has 0 saturated heterocycles. The lowest BCUT2D eigenvalue weighted by atomic mass is 10.1. The normalized spacial score (nSPS) is 12.3. The van der Waals surface area contributed by atoms with Gasteiger partial charge in [-0.15, -0.1) is 0 Å². The van der Waals surface area contributed by atoms with E-state index >= 15 is 0 Å². The maximum Gasteiger partial charge on any atom is 0.407 e. The number of carbonyl (C=O) groups is 2. The van der Waals surface area contributed by atoms with Gasteiger partial charge in [-0.3, -0.25) is 4.79 Å². The Kier molecular flexibility index (Phi) is 14.8. The van der Waals surface area contributed by atoms with E-state index in [0.29, 0.717) is 30.1 Å². The lowest BCUT2D eigenvalue weighted by Crippen LogP contribution is -2.35. The molecule has 0 aliphatic heterocycles. The molecule has 2 aromatic rings. The van der Waals surface area contributed by atoms with Crippen LogP contribution in [0.5, 0.6) is 0 Å². The van der Waals surface area contributed by atoms with Gasteiger partial charge >= 0.3 is 6.09 Å². The zero-order chi connectivity index (χ0) is 30.4. The smallest absolute Gasteiger partial charge is 0.407 e. The van der Waals surface area contributed by atoms with Crippen LogP contribution in [0.4, 0.5) is 10.5 Å². The molecule has 41 heavy (non-hydrogen) atoms. The highest BCUT2D eigenvalue weighted by molar-refractivity contribution is 8.78. The van der Waals surface area contributed by atoms with Crippen LogP contribution < -0.4 is 20.7 Å². The topological polar surface area (TPSA) is 134 Å². The molecular weight excluding hydrogens is 583 g/mol.